The zero-order chi connectivity index (χ0) is 33.4. The van der Waals surface area contributed by atoms with Crippen LogP contribution in [0.25, 0.3) is 56.0 Å². The molecule has 9 aromatic rings. The quantitative estimate of drug-likeness (QED) is 0.173. The molecule has 0 radical (unpaired) electrons. The van der Waals surface area contributed by atoms with Gasteiger partial charge in [0, 0.05) is 50.3 Å². The molecule has 9 rings (SSSR count). The van der Waals surface area contributed by atoms with Gasteiger partial charge in [0.1, 0.15) is 0 Å². The summed E-state index contributed by atoms with van der Waals surface area (Å²) in [5.41, 5.74) is 10.9. The van der Waals surface area contributed by atoms with E-state index in [0.29, 0.717) is 0 Å². The predicted molar refractivity (Wildman–Crippen MR) is 206 cm³/mol. The molecule has 238 valence electrons. The Labute approximate surface area is 291 Å². The van der Waals surface area contributed by atoms with Crippen molar-refractivity contribution in [1.29, 1.82) is 0 Å². The number of fused-ring (bicyclic) bond motifs is 3. The summed E-state index contributed by atoms with van der Waals surface area (Å²) in [7, 11) is 0. The van der Waals surface area contributed by atoms with Gasteiger partial charge in [-0.25, -0.2) is 0 Å². The Hall–Kier alpha value is -6.72. The highest BCUT2D eigenvalue weighted by Crippen LogP contribution is 2.38. The van der Waals surface area contributed by atoms with E-state index in [1.54, 1.807) is 0 Å². The largest absolute Gasteiger partial charge is 0.311 e. The van der Waals surface area contributed by atoms with Crippen molar-refractivity contribution in [2.24, 2.45) is 0 Å². The van der Waals surface area contributed by atoms with E-state index in [1.165, 1.54) is 21.8 Å². The molecule has 0 bridgehead atoms. The highest BCUT2D eigenvalue weighted by atomic mass is 15.3. The second-order valence-electron chi connectivity index (χ2n) is 12.4. The molecule has 0 fully saturated rings. The number of anilines is 3. The highest BCUT2D eigenvalue weighted by molar-refractivity contribution is 6.09. The van der Waals surface area contributed by atoms with Gasteiger partial charge in [-0.3, -0.25) is 4.57 Å². The van der Waals surface area contributed by atoms with Crippen molar-refractivity contribution >= 4 is 38.9 Å². The summed E-state index contributed by atoms with van der Waals surface area (Å²) >= 11 is 0. The number of nitrogens with zero attached hydrogens (tertiary/aromatic N) is 5. The van der Waals surface area contributed by atoms with Crippen LogP contribution in [0.5, 0.6) is 0 Å². The number of hydrogen-bond acceptors (Lipinski definition) is 3. The van der Waals surface area contributed by atoms with E-state index in [9.17, 15) is 0 Å². The summed E-state index contributed by atoms with van der Waals surface area (Å²) in [6, 6.07) is 63.9. The van der Waals surface area contributed by atoms with Gasteiger partial charge in [-0.1, -0.05) is 97.1 Å². The van der Waals surface area contributed by atoms with Gasteiger partial charge in [-0.2, -0.15) is 0 Å². The smallest absolute Gasteiger partial charge is 0.169 e. The lowest BCUT2D eigenvalue weighted by atomic mass is 10.1. The molecule has 0 atom stereocenters. The van der Waals surface area contributed by atoms with Gasteiger partial charge in [0.25, 0.3) is 0 Å². The first-order valence-electron chi connectivity index (χ1n) is 16.9. The van der Waals surface area contributed by atoms with E-state index in [2.05, 4.69) is 185 Å². The summed E-state index contributed by atoms with van der Waals surface area (Å²) in [6.45, 7) is 2.11. The minimum atomic E-state index is 0.794. The maximum Gasteiger partial charge on any atom is 0.169 e. The molecule has 2 aromatic heterocycles. The van der Waals surface area contributed by atoms with E-state index >= 15 is 0 Å². The molecule has 5 heteroatoms. The molecule has 50 heavy (non-hydrogen) atoms. The molecule has 0 aliphatic carbocycles. The first kappa shape index (κ1) is 29.4. The molecule has 7 aromatic carbocycles. The van der Waals surface area contributed by atoms with Crippen molar-refractivity contribution in [3.8, 4) is 34.2 Å². The molecular formula is C45H33N5. The lowest BCUT2D eigenvalue weighted by Crippen LogP contribution is -2.10. The molecule has 0 amide bonds. The molecule has 2 heterocycles. The van der Waals surface area contributed by atoms with Crippen LogP contribution in [-0.2, 0) is 0 Å². The van der Waals surface area contributed by atoms with Crippen LogP contribution in [0.4, 0.5) is 17.1 Å². The fourth-order valence-electron chi connectivity index (χ4n) is 7.03. The molecule has 5 nitrogen and oxygen atoms in total. The molecular weight excluding hydrogens is 611 g/mol. The standard InChI is InChI=1S/C45H33N5/c1-32-14-8-9-19-39(32)45-47-46-44(50(45)35-17-6-3-7-18-35)33-24-26-36(27-25-33)48(34-15-4-2-5-16-34)37-28-30-38(31-29-37)49-42-22-12-10-20-40(42)41-21-11-13-23-43(41)49/h2-31H,1H3. The third-order valence-corrected chi connectivity index (χ3v) is 9.41. The van der Waals surface area contributed by atoms with Crippen molar-refractivity contribution < 1.29 is 0 Å². The Bertz CT molecular complexity index is 2530. The van der Waals surface area contributed by atoms with Crippen LogP contribution >= 0.6 is 0 Å². The van der Waals surface area contributed by atoms with Crippen LogP contribution in [0.1, 0.15) is 5.56 Å². The first-order chi connectivity index (χ1) is 24.7. The molecule has 0 spiro atoms. The average Bonchev–Trinajstić information content (AvgIpc) is 3.77. The van der Waals surface area contributed by atoms with Gasteiger partial charge in [0.05, 0.1) is 11.0 Å². The molecule has 0 aliphatic rings. The number of para-hydroxylation sites is 4. The van der Waals surface area contributed by atoms with Gasteiger partial charge in [-0.15, -0.1) is 10.2 Å². The first-order valence-corrected chi connectivity index (χ1v) is 16.9. The number of aromatic nitrogens is 4. The summed E-state index contributed by atoms with van der Waals surface area (Å²) < 4.78 is 4.50. The van der Waals surface area contributed by atoms with Crippen molar-refractivity contribution in [2.75, 3.05) is 4.90 Å². The normalized spacial score (nSPS) is 11.3. The number of benzene rings is 7. The average molecular weight is 644 g/mol. The van der Waals surface area contributed by atoms with Crippen molar-refractivity contribution in [3.63, 3.8) is 0 Å². The van der Waals surface area contributed by atoms with Crippen LogP contribution in [0.3, 0.4) is 0 Å². The maximum absolute atomic E-state index is 4.75. The molecule has 0 unspecified atom stereocenters. The molecule has 0 aliphatic heterocycles. The monoisotopic (exact) mass is 643 g/mol. The van der Waals surface area contributed by atoms with Crippen LogP contribution in [0, 0.1) is 6.92 Å². The molecule has 0 N–H and O–H groups in total. The van der Waals surface area contributed by atoms with Crippen molar-refractivity contribution in [3.05, 3.63) is 188 Å². The minimum Gasteiger partial charge on any atom is -0.311 e. The van der Waals surface area contributed by atoms with Gasteiger partial charge in [0.15, 0.2) is 11.6 Å². The maximum atomic E-state index is 4.75. The Kier molecular flexibility index (Phi) is 7.29. The lowest BCUT2D eigenvalue weighted by Gasteiger charge is -2.26. The van der Waals surface area contributed by atoms with E-state index in [4.69, 9.17) is 10.2 Å². The third kappa shape index (κ3) is 5.04. The Morgan fingerprint density at radius 3 is 1.52 bits per heavy atom. The van der Waals surface area contributed by atoms with Gasteiger partial charge >= 0.3 is 0 Å². The lowest BCUT2D eigenvalue weighted by molar-refractivity contribution is 1.07. The SMILES string of the molecule is Cc1ccccc1-c1nnc(-c2ccc(N(c3ccccc3)c3ccc(-n4c5ccccc5c5ccccc54)cc3)cc2)n1-c1ccccc1. The Morgan fingerprint density at radius 2 is 0.880 bits per heavy atom. The highest BCUT2D eigenvalue weighted by Gasteiger charge is 2.20. The van der Waals surface area contributed by atoms with E-state index in [0.717, 1.165) is 56.8 Å². The van der Waals surface area contributed by atoms with Crippen LogP contribution in [-0.4, -0.2) is 19.3 Å². The van der Waals surface area contributed by atoms with Crippen LogP contribution < -0.4 is 4.90 Å². The topological polar surface area (TPSA) is 38.9 Å². The summed E-state index contributed by atoms with van der Waals surface area (Å²) in [5.74, 6) is 1.62. The van der Waals surface area contributed by atoms with Crippen LogP contribution in [0.15, 0.2) is 182 Å². The molecule has 0 saturated carbocycles. The number of rotatable bonds is 7. The van der Waals surface area contributed by atoms with Gasteiger partial charge in [-0.05, 0) is 97.4 Å². The van der Waals surface area contributed by atoms with E-state index in [1.807, 2.05) is 18.2 Å². The Balaban J connectivity index is 1.12. The second kappa shape index (κ2) is 12.4. The number of hydrogen-bond donors (Lipinski definition) is 0. The summed E-state index contributed by atoms with van der Waals surface area (Å²) in [6.07, 6.45) is 0. The second-order valence-corrected chi connectivity index (χ2v) is 12.4. The Morgan fingerprint density at radius 1 is 0.400 bits per heavy atom. The fourth-order valence-corrected chi connectivity index (χ4v) is 7.03. The minimum absolute atomic E-state index is 0.794. The van der Waals surface area contributed by atoms with Crippen molar-refractivity contribution in [2.45, 2.75) is 6.92 Å². The van der Waals surface area contributed by atoms with Gasteiger partial charge < -0.3 is 9.47 Å². The van der Waals surface area contributed by atoms with Gasteiger partial charge in [0.2, 0.25) is 0 Å². The summed E-state index contributed by atoms with van der Waals surface area (Å²) in [4.78, 5) is 2.29. The zero-order valence-electron chi connectivity index (χ0n) is 27.6. The fraction of sp³-hybridized carbons (Fsp3) is 0.0222. The van der Waals surface area contributed by atoms with Crippen molar-refractivity contribution in [1.82, 2.24) is 19.3 Å². The molecule has 0 saturated heterocycles. The van der Waals surface area contributed by atoms with E-state index in [-0.39, 0.29) is 0 Å². The predicted octanol–water partition coefficient (Wildman–Crippen LogP) is 11.5. The van der Waals surface area contributed by atoms with E-state index < -0.39 is 0 Å². The third-order valence-electron chi connectivity index (χ3n) is 9.41. The summed E-state index contributed by atoms with van der Waals surface area (Å²) in [5, 5.41) is 12.0. The van der Waals surface area contributed by atoms with Crippen LogP contribution in [0.2, 0.25) is 0 Å². The number of aryl methyl sites for hydroxylation is 1. The zero-order valence-corrected chi connectivity index (χ0v) is 27.6.